The molecule has 4 nitrogen and oxygen atoms in total. The lowest BCUT2D eigenvalue weighted by atomic mass is 10.1. The summed E-state index contributed by atoms with van der Waals surface area (Å²) < 4.78 is 2.68. The number of carbonyl (C=O) groups is 1. The number of nitrogens with one attached hydrogen (secondary N) is 1. The van der Waals surface area contributed by atoms with Crippen LogP contribution in [-0.2, 0) is 12.6 Å². The van der Waals surface area contributed by atoms with Crippen molar-refractivity contribution in [1.82, 2.24) is 14.9 Å². The van der Waals surface area contributed by atoms with Gasteiger partial charge in [0.05, 0.1) is 5.54 Å². The van der Waals surface area contributed by atoms with Crippen LogP contribution in [0, 0.1) is 0 Å². The van der Waals surface area contributed by atoms with Crippen molar-refractivity contribution in [1.29, 1.82) is 0 Å². The second-order valence-electron chi connectivity index (χ2n) is 4.57. The molecule has 0 fully saturated rings. The Kier molecular flexibility index (Phi) is 3.59. The zero-order chi connectivity index (χ0) is 13.3. The van der Waals surface area contributed by atoms with E-state index < -0.39 is 5.54 Å². The first-order valence-electron chi connectivity index (χ1n) is 5.44. The number of halogens is 1. The number of hydrogen-bond acceptors (Lipinski definition) is 3. The molecule has 0 bridgehead atoms. The monoisotopic (exact) mass is 327 g/mol. The van der Waals surface area contributed by atoms with Gasteiger partial charge < -0.3 is 9.88 Å². The summed E-state index contributed by atoms with van der Waals surface area (Å²) in [6.07, 6.45) is 3.60. The molecular weight excluding hydrogens is 314 g/mol. The molecule has 1 N–H and O–H groups in total. The van der Waals surface area contributed by atoms with Gasteiger partial charge in [-0.25, -0.2) is 4.98 Å². The normalized spacial score (nSPS) is 11.6. The summed E-state index contributed by atoms with van der Waals surface area (Å²) in [6, 6.07) is 1.80. The summed E-state index contributed by atoms with van der Waals surface area (Å²) in [6.45, 7) is 3.89. The van der Waals surface area contributed by atoms with Crippen molar-refractivity contribution in [2.45, 2.75) is 19.4 Å². The predicted molar refractivity (Wildman–Crippen MR) is 75.7 cm³/mol. The van der Waals surface area contributed by atoms with Crippen LogP contribution in [0.15, 0.2) is 28.3 Å². The van der Waals surface area contributed by atoms with Crippen molar-refractivity contribution < 1.29 is 4.79 Å². The molecule has 0 aromatic carbocycles. The van der Waals surface area contributed by atoms with Gasteiger partial charge >= 0.3 is 0 Å². The number of aromatic nitrogens is 2. The predicted octanol–water partition coefficient (Wildman–Crippen LogP) is 2.91. The Balaban J connectivity index is 2.19. The first-order chi connectivity index (χ1) is 8.40. The van der Waals surface area contributed by atoms with Gasteiger partial charge in [0.25, 0.3) is 5.91 Å². The molecule has 2 aromatic heterocycles. The van der Waals surface area contributed by atoms with E-state index in [1.807, 2.05) is 32.5 Å². The van der Waals surface area contributed by atoms with Crippen molar-refractivity contribution >= 4 is 33.2 Å². The number of nitrogens with zero attached hydrogens (tertiary/aromatic N) is 2. The van der Waals surface area contributed by atoms with Gasteiger partial charge in [-0.15, -0.1) is 11.3 Å². The molecule has 96 valence electrons. The van der Waals surface area contributed by atoms with Crippen molar-refractivity contribution in [2.24, 2.45) is 7.05 Å². The van der Waals surface area contributed by atoms with Crippen LogP contribution in [0.1, 0.15) is 29.3 Å². The van der Waals surface area contributed by atoms with E-state index in [4.69, 9.17) is 0 Å². The van der Waals surface area contributed by atoms with Gasteiger partial charge in [-0.1, -0.05) is 0 Å². The second kappa shape index (κ2) is 4.85. The highest BCUT2D eigenvalue weighted by Gasteiger charge is 2.26. The van der Waals surface area contributed by atoms with Gasteiger partial charge in [0.1, 0.15) is 10.7 Å². The Morgan fingerprint density at radius 2 is 2.28 bits per heavy atom. The van der Waals surface area contributed by atoms with Gasteiger partial charge in [-0.2, -0.15) is 0 Å². The van der Waals surface area contributed by atoms with Gasteiger partial charge in [0, 0.05) is 29.3 Å². The van der Waals surface area contributed by atoms with Crippen LogP contribution in [0.4, 0.5) is 0 Å². The molecule has 2 heterocycles. The molecule has 2 aromatic rings. The van der Waals surface area contributed by atoms with Gasteiger partial charge in [-0.3, -0.25) is 4.79 Å². The lowest BCUT2D eigenvalue weighted by Crippen LogP contribution is -2.41. The Bertz CT molecular complexity index is 560. The summed E-state index contributed by atoms with van der Waals surface area (Å²) in [7, 11) is 1.84. The molecule has 18 heavy (non-hydrogen) atoms. The van der Waals surface area contributed by atoms with E-state index >= 15 is 0 Å². The number of hydrogen-bond donors (Lipinski definition) is 1. The van der Waals surface area contributed by atoms with E-state index in [1.165, 1.54) is 11.3 Å². The van der Waals surface area contributed by atoms with Crippen LogP contribution in [-0.4, -0.2) is 15.5 Å². The van der Waals surface area contributed by atoms with E-state index in [9.17, 15) is 4.79 Å². The molecular formula is C12H14BrN3OS. The Hall–Kier alpha value is -1.14. The highest BCUT2D eigenvalue weighted by molar-refractivity contribution is 9.10. The van der Waals surface area contributed by atoms with Crippen molar-refractivity contribution in [3.8, 4) is 0 Å². The van der Waals surface area contributed by atoms with Crippen LogP contribution in [0.5, 0.6) is 0 Å². The highest BCUT2D eigenvalue weighted by Crippen LogP contribution is 2.23. The van der Waals surface area contributed by atoms with Gasteiger partial charge in [0.2, 0.25) is 0 Å². The maximum atomic E-state index is 12.2. The Morgan fingerprint density at radius 3 is 2.78 bits per heavy atom. The van der Waals surface area contributed by atoms with E-state index in [0.717, 1.165) is 9.48 Å². The minimum atomic E-state index is -0.470. The molecule has 0 spiro atoms. The smallest absolute Gasteiger partial charge is 0.268 e. The summed E-state index contributed by atoms with van der Waals surface area (Å²) in [5.41, 5.74) is 0.147. The van der Waals surface area contributed by atoms with Crippen LogP contribution in [0.3, 0.4) is 0 Å². The van der Waals surface area contributed by atoms with Crippen LogP contribution in [0.25, 0.3) is 0 Å². The van der Waals surface area contributed by atoms with Crippen LogP contribution < -0.4 is 5.32 Å². The lowest BCUT2D eigenvalue weighted by molar-refractivity contribution is 0.0903. The summed E-state index contributed by atoms with van der Waals surface area (Å²) >= 11 is 4.89. The molecule has 0 atom stereocenters. The molecule has 6 heteroatoms. The van der Waals surface area contributed by atoms with Gasteiger partial charge in [-0.05, 0) is 35.8 Å². The average Bonchev–Trinajstić information content (AvgIpc) is 2.86. The molecule has 1 amide bonds. The van der Waals surface area contributed by atoms with Crippen molar-refractivity contribution in [3.05, 3.63) is 39.0 Å². The minimum Gasteiger partial charge on any atom is -0.345 e. The SMILES string of the molecule is Cn1cc(Br)cc1C(=O)NC(C)(C)c1nccs1. The fraction of sp³-hybridized carbons (Fsp3) is 0.333. The Labute approximate surface area is 118 Å². The number of thiazole rings is 1. The zero-order valence-corrected chi connectivity index (χ0v) is 12.8. The van der Waals surface area contributed by atoms with E-state index in [2.05, 4.69) is 26.2 Å². The third-order valence-corrected chi connectivity index (χ3v) is 4.13. The largest absolute Gasteiger partial charge is 0.345 e. The standard InChI is InChI=1S/C12H14BrN3OS/c1-12(2,11-14-4-5-18-11)15-10(17)9-6-8(13)7-16(9)3/h4-7H,1-3H3,(H,15,17). The second-order valence-corrected chi connectivity index (χ2v) is 6.38. The average molecular weight is 328 g/mol. The molecule has 0 radical (unpaired) electrons. The van der Waals surface area contributed by atoms with E-state index in [1.54, 1.807) is 16.8 Å². The molecule has 0 saturated heterocycles. The topological polar surface area (TPSA) is 46.9 Å². The molecule has 2 rings (SSSR count). The maximum absolute atomic E-state index is 12.2. The minimum absolute atomic E-state index is 0.108. The number of rotatable bonds is 3. The third kappa shape index (κ3) is 2.64. The third-order valence-electron chi connectivity index (χ3n) is 2.60. The lowest BCUT2D eigenvalue weighted by Gasteiger charge is -2.23. The van der Waals surface area contributed by atoms with Gasteiger partial charge in [0.15, 0.2) is 0 Å². The molecule has 0 unspecified atom stereocenters. The number of carbonyl (C=O) groups excluding carboxylic acids is 1. The van der Waals surface area contributed by atoms with Crippen molar-refractivity contribution in [3.63, 3.8) is 0 Å². The van der Waals surface area contributed by atoms with E-state index in [-0.39, 0.29) is 5.91 Å². The molecule has 0 aliphatic carbocycles. The fourth-order valence-electron chi connectivity index (χ4n) is 1.68. The molecule has 0 aliphatic heterocycles. The zero-order valence-electron chi connectivity index (χ0n) is 10.4. The molecule has 0 saturated carbocycles. The number of amides is 1. The van der Waals surface area contributed by atoms with Crippen molar-refractivity contribution in [2.75, 3.05) is 0 Å². The maximum Gasteiger partial charge on any atom is 0.268 e. The van der Waals surface area contributed by atoms with E-state index in [0.29, 0.717) is 5.69 Å². The summed E-state index contributed by atoms with van der Waals surface area (Å²) in [4.78, 5) is 16.5. The quantitative estimate of drug-likeness (QED) is 0.942. The highest BCUT2D eigenvalue weighted by atomic mass is 79.9. The summed E-state index contributed by atoms with van der Waals surface area (Å²) in [5.74, 6) is -0.108. The first kappa shape index (κ1) is 13.3. The fourth-order valence-corrected chi connectivity index (χ4v) is 2.93. The molecule has 0 aliphatic rings. The first-order valence-corrected chi connectivity index (χ1v) is 7.12. The summed E-state index contributed by atoms with van der Waals surface area (Å²) in [5, 5.41) is 5.79. The van der Waals surface area contributed by atoms with Crippen LogP contribution >= 0.6 is 27.3 Å². The Morgan fingerprint density at radius 1 is 1.56 bits per heavy atom. The number of aryl methyl sites for hydroxylation is 1. The van der Waals surface area contributed by atoms with Crippen LogP contribution in [0.2, 0.25) is 0 Å².